The lowest BCUT2D eigenvalue weighted by molar-refractivity contribution is -0.115. The molecular formula is C14H12N4O2S3. The average molecular weight is 364 g/mol. The molecule has 0 saturated carbocycles. The van der Waals surface area contributed by atoms with Gasteiger partial charge in [0.25, 0.3) is 0 Å². The molecule has 0 saturated heterocycles. The van der Waals surface area contributed by atoms with Crippen LogP contribution in [0, 0.1) is 0 Å². The lowest BCUT2D eigenvalue weighted by atomic mass is 10.2. The Balaban J connectivity index is 1.57. The van der Waals surface area contributed by atoms with Crippen LogP contribution in [0.1, 0.15) is 5.69 Å². The van der Waals surface area contributed by atoms with Crippen LogP contribution in [0.25, 0.3) is 11.5 Å². The fourth-order valence-electron chi connectivity index (χ4n) is 1.67. The number of primary amides is 1. The minimum absolute atomic E-state index is 0.211. The number of amides is 1. The molecule has 118 valence electrons. The van der Waals surface area contributed by atoms with Crippen molar-refractivity contribution in [3.63, 3.8) is 0 Å². The number of oxazole rings is 1. The summed E-state index contributed by atoms with van der Waals surface area (Å²) >= 11 is 4.26. The Kier molecular flexibility index (Phi) is 5.31. The van der Waals surface area contributed by atoms with E-state index in [1.807, 2.05) is 30.3 Å². The number of carbonyl (C=O) groups excluding carboxylic acids is 1. The number of aromatic nitrogens is 3. The maximum atomic E-state index is 10.7. The third-order valence-electron chi connectivity index (χ3n) is 2.64. The van der Waals surface area contributed by atoms with Crippen molar-refractivity contribution in [1.29, 1.82) is 0 Å². The summed E-state index contributed by atoms with van der Waals surface area (Å²) in [5.74, 6) is 1.10. The van der Waals surface area contributed by atoms with Gasteiger partial charge in [-0.2, -0.15) is 0 Å². The number of hydrogen-bond acceptors (Lipinski definition) is 8. The first-order chi connectivity index (χ1) is 11.2. The van der Waals surface area contributed by atoms with E-state index < -0.39 is 0 Å². The van der Waals surface area contributed by atoms with Crippen molar-refractivity contribution in [2.45, 2.75) is 14.4 Å². The molecule has 0 fully saturated rings. The summed E-state index contributed by atoms with van der Waals surface area (Å²) in [6.07, 6.45) is 1.65. The van der Waals surface area contributed by atoms with E-state index in [2.05, 4.69) is 15.2 Å². The van der Waals surface area contributed by atoms with Gasteiger partial charge in [-0.15, -0.1) is 10.2 Å². The number of rotatable bonds is 7. The van der Waals surface area contributed by atoms with Crippen LogP contribution in [0.3, 0.4) is 0 Å². The van der Waals surface area contributed by atoms with E-state index in [0.717, 1.165) is 19.9 Å². The third-order valence-corrected chi connectivity index (χ3v) is 5.89. The molecular weight excluding hydrogens is 352 g/mol. The van der Waals surface area contributed by atoms with E-state index in [0.29, 0.717) is 11.6 Å². The summed E-state index contributed by atoms with van der Waals surface area (Å²) in [6, 6.07) is 9.75. The van der Waals surface area contributed by atoms with Gasteiger partial charge in [0.05, 0.1) is 11.4 Å². The van der Waals surface area contributed by atoms with Gasteiger partial charge < -0.3 is 10.2 Å². The molecule has 2 aromatic heterocycles. The molecule has 0 radical (unpaired) electrons. The summed E-state index contributed by atoms with van der Waals surface area (Å²) in [7, 11) is 0. The third kappa shape index (κ3) is 4.57. The van der Waals surface area contributed by atoms with Gasteiger partial charge in [-0.25, -0.2) is 4.98 Å². The Hall–Kier alpha value is -1.84. The highest BCUT2D eigenvalue weighted by atomic mass is 32.2. The number of benzene rings is 1. The zero-order valence-electron chi connectivity index (χ0n) is 11.8. The smallest absolute Gasteiger partial charge is 0.227 e. The van der Waals surface area contributed by atoms with Gasteiger partial charge in [0.15, 0.2) is 8.68 Å². The molecule has 1 aromatic carbocycles. The van der Waals surface area contributed by atoms with Crippen LogP contribution in [0.15, 0.2) is 49.7 Å². The molecule has 1 amide bonds. The first kappa shape index (κ1) is 16.0. The van der Waals surface area contributed by atoms with Crippen LogP contribution < -0.4 is 5.73 Å². The first-order valence-electron chi connectivity index (χ1n) is 6.58. The largest absolute Gasteiger partial charge is 0.444 e. The molecule has 0 aliphatic heterocycles. The molecule has 0 spiro atoms. The molecule has 2 N–H and O–H groups in total. The lowest BCUT2D eigenvalue weighted by Crippen LogP contribution is -2.12. The topological polar surface area (TPSA) is 94.9 Å². The Morgan fingerprint density at radius 2 is 1.91 bits per heavy atom. The Morgan fingerprint density at radius 3 is 2.65 bits per heavy atom. The maximum Gasteiger partial charge on any atom is 0.227 e. The van der Waals surface area contributed by atoms with E-state index >= 15 is 0 Å². The van der Waals surface area contributed by atoms with Crippen LogP contribution in [0.2, 0.25) is 0 Å². The van der Waals surface area contributed by atoms with Crippen LogP contribution in [-0.4, -0.2) is 26.8 Å². The predicted octanol–water partition coefficient (Wildman–Crippen LogP) is 3.06. The average Bonchev–Trinajstić information content (AvgIpc) is 3.21. The molecule has 9 heteroatoms. The quantitative estimate of drug-likeness (QED) is 0.644. The lowest BCUT2D eigenvalue weighted by Gasteiger charge is -1.93. The minimum Gasteiger partial charge on any atom is -0.444 e. The Bertz CT molecular complexity index is 788. The van der Waals surface area contributed by atoms with Crippen molar-refractivity contribution in [1.82, 2.24) is 15.2 Å². The maximum absolute atomic E-state index is 10.7. The van der Waals surface area contributed by atoms with E-state index in [1.165, 1.54) is 34.9 Å². The molecule has 0 bridgehead atoms. The molecule has 2 heterocycles. The summed E-state index contributed by atoms with van der Waals surface area (Å²) < 4.78 is 7.05. The SMILES string of the molecule is NC(=O)CSc1nnc(SCc2coc(-c3ccccc3)n2)s1. The van der Waals surface area contributed by atoms with E-state index in [4.69, 9.17) is 10.2 Å². The van der Waals surface area contributed by atoms with Gasteiger partial charge in [0.2, 0.25) is 11.8 Å². The highest BCUT2D eigenvalue weighted by molar-refractivity contribution is 8.03. The number of carbonyl (C=O) groups is 1. The van der Waals surface area contributed by atoms with Crippen LogP contribution in [-0.2, 0) is 10.5 Å². The van der Waals surface area contributed by atoms with Crippen LogP contribution in [0.5, 0.6) is 0 Å². The van der Waals surface area contributed by atoms with E-state index in [9.17, 15) is 4.79 Å². The summed E-state index contributed by atoms with van der Waals surface area (Å²) in [6.45, 7) is 0. The van der Waals surface area contributed by atoms with E-state index in [1.54, 1.807) is 6.26 Å². The highest BCUT2D eigenvalue weighted by Gasteiger charge is 2.10. The zero-order chi connectivity index (χ0) is 16.1. The van der Waals surface area contributed by atoms with Crippen molar-refractivity contribution in [2.24, 2.45) is 5.73 Å². The molecule has 3 rings (SSSR count). The van der Waals surface area contributed by atoms with Crippen LogP contribution in [0.4, 0.5) is 0 Å². The molecule has 0 aliphatic carbocycles. The molecule has 0 unspecified atom stereocenters. The molecule has 3 aromatic rings. The Morgan fingerprint density at radius 1 is 1.17 bits per heavy atom. The number of hydrogen-bond donors (Lipinski definition) is 1. The fourth-order valence-corrected chi connectivity index (χ4v) is 4.31. The van der Waals surface area contributed by atoms with Gasteiger partial charge in [-0.3, -0.25) is 4.79 Å². The fraction of sp³-hybridized carbons (Fsp3) is 0.143. The number of nitrogens with two attached hydrogens (primary N) is 1. The van der Waals surface area contributed by atoms with Crippen LogP contribution >= 0.6 is 34.9 Å². The summed E-state index contributed by atoms with van der Waals surface area (Å²) in [5.41, 5.74) is 6.90. The number of thioether (sulfide) groups is 2. The number of nitrogens with zero attached hydrogens (tertiary/aromatic N) is 3. The first-order valence-corrected chi connectivity index (χ1v) is 9.37. The predicted molar refractivity (Wildman–Crippen MR) is 91.3 cm³/mol. The van der Waals surface area contributed by atoms with Gasteiger partial charge in [-0.05, 0) is 12.1 Å². The second-order valence-corrected chi connectivity index (χ2v) is 7.81. The van der Waals surface area contributed by atoms with Crippen molar-refractivity contribution in [3.05, 3.63) is 42.3 Å². The zero-order valence-corrected chi connectivity index (χ0v) is 14.3. The van der Waals surface area contributed by atoms with Crippen molar-refractivity contribution >= 4 is 40.8 Å². The molecule has 0 atom stereocenters. The van der Waals surface area contributed by atoms with Gasteiger partial charge in [0, 0.05) is 11.3 Å². The monoisotopic (exact) mass is 364 g/mol. The second kappa shape index (κ2) is 7.62. The molecule has 23 heavy (non-hydrogen) atoms. The summed E-state index contributed by atoms with van der Waals surface area (Å²) in [4.78, 5) is 15.2. The van der Waals surface area contributed by atoms with Gasteiger partial charge >= 0.3 is 0 Å². The highest BCUT2D eigenvalue weighted by Crippen LogP contribution is 2.31. The minimum atomic E-state index is -0.365. The second-order valence-electron chi connectivity index (χ2n) is 4.39. The van der Waals surface area contributed by atoms with Gasteiger partial charge in [-0.1, -0.05) is 53.1 Å². The standard InChI is InChI=1S/C14H12N4O2S3/c15-11(19)8-22-14-18-17-13(23-14)21-7-10-6-20-12(16-10)9-4-2-1-3-5-9/h1-6H,7-8H2,(H2,15,19). The van der Waals surface area contributed by atoms with Crippen molar-refractivity contribution in [3.8, 4) is 11.5 Å². The Labute approximate surface area is 144 Å². The normalized spacial score (nSPS) is 10.8. The van der Waals surface area contributed by atoms with Crippen molar-refractivity contribution < 1.29 is 9.21 Å². The molecule has 6 nitrogen and oxygen atoms in total. The van der Waals surface area contributed by atoms with Crippen molar-refractivity contribution in [2.75, 3.05) is 5.75 Å². The van der Waals surface area contributed by atoms with E-state index in [-0.39, 0.29) is 11.7 Å². The summed E-state index contributed by atoms with van der Waals surface area (Å²) in [5, 5.41) is 8.09. The van der Waals surface area contributed by atoms with Gasteiger partial charge in [0.1, 0.15) is 6.26 Å². The molecule has 0 aliphatic rings.